The lowest BCUT2D eigenvalue weighted by atomic mass is 9.87. The number of nitrogens with one attached hydrogen (secondary N) is 1. The number of likely N-dealkylation sites (tertiary alicyclic amines) is 1. The number of aliphatic hydroxyl groups excluding tert-OH is 1. The molecule has 2 aliphatic rings. The summed E-state index contributed by atoms with van der Waals surface area (Å²) in [6.45, 7) is 3.33. The van der Waals surface area contributed by atoms with Crippen molar-refractivity contribution in [2.45, 2.75) is 50.5 Å². The molecule has 206 valence electrons. The number of fused-ring (bicyclic) bond motifs is 3. The molecule has 5 rings (SSSR count). The first-order chi connectivity index (χ1) is 18.1. The lowest BCUT2D eigenvalue weighted by Crippen LogP contribution is -2.53. The molecule has 3 aromatic rings. The predicted octanol–water partition coefficient (Wildman–Crippen LogP) is 5.06. The van der Waals surface area contributed by atoms with Gasteiger partial charge in [-0.05, 0) is 50.5 Å². The molecule has 1 unspecified atom stereocenters. The Balaban J connectivity index is 1.52. The van der Waals surface area contributed by atoms with Crippen molar-refractivity contribution >= 4 is 10.9 Å². The summed E-state index contributed by atoms with van der Waals surface area (Å²) in [6, 6.07) is 5.11. The van der Waals surface area contributed by atoms with Gasteiger partial charge in [-0.1, -0.05) is 0 Å². The summed E-state index contributed by atoms with van der Waals surface area (Å²) >= 11 is 0. The quantitative estimate of drug-likeness (QED) is 0.375. The molecular weight excluding hydrogens is 505 g/mol. The summed E-state index contributed by atoms with van der Waals surface area (Å²) in [7, 11) is 0. The number of hydrogen-bond donors (Lipinski definition) is 2. The Hall–Kier alpha value is -2.69. The molecule has 2 aliphatic heterocycles. The predicted molar refractivity (Wildman–Crippen MR) is 134 cm³/mol. The van der Waals surface area contributed by atoms with E-state index in [1.807, 2.05) is 11.8 Å². The maximum Gasteiger partial charge on any atom is 0.143 e. The largest absolute Gasteiger partial charge is 0.488 e. The van der Waals surface area contributed by atoms with E-state index >= 15 is 13.2 Å². The van der Waals surface area contributed by atoms with Crippen molar-refractivity contribution in [3.63, 3.8) is 0 Å². The third kappa shape index (κ3) is 5.13. The van der Waals surface area contributed by atoms with E-state index < -0.39 is 42.4 Å². The van der Waals surface area contributed by atoms with Crippen LogP contribution < -0.4 is 4.74 Å². The zero-order valence-corrected chi connectivity index (χ0v) is 21.4. The van der Waals surface area contributed by atoms with Crippen LogP contribution in [0.5, 0.6) is 5.75 Å². The number of aliphatic hydroxyl groups is 1. The number of H-pyrrole nitrogens is 1. The highest BCUT2D eigenvalue weighted by Crippen LogP contribution is 2.44. The first-order valence-electron chi connectivity index (χ1n) is 12.9. The van der Waals surface area contributed by atoms with Gasteiger partial charge in [-0.25, -0.2) is 17.6 Å². The molecule has 0 spiro atoms. The normalized spacial score (nSPS) is 22.3. The van der Waals surface area contributed by atoms with Crippen LogP contribution in [0.3, 0.4) is 0 Å². The van der Waals surface area contributed by atoms with Crippen LogP contribution in [0.4, 0.5) is 22.0 Å². The molecule has 10 heteroatoms. The fraction of sp³-hybridized carbons (Fsp3) is 0.500. The number of alkyl halides is 2. The summed E-state index contributed by atoms with van der Waals surface area (Å²) in [4.78, 5) is 6.84. The SMILES string of the molecule is C[C@@H]1Cc2c([nH]c3ccc(F)cc23)C(c2c(F)cc(OC3CN(CCCF)C3)cc2F)N1C[C@@](C)(F)CO. The lowest BCUT2D eigenvalue weighted by molar-refractivity contribution is 0.0151. The van der Waals surface area contributed by atoms with E-state index in [4.69, 9.17) is 4.74 Å². The average molecular weight is 538 g/mol. The monoisotopic (exact) mass is 537 g/mol. The fourth-order valence-electron chi connectivity index (χ4n) is 5.66. The van der Waals surface area contributed by atoms with Crippen LogP contribution in [-0.2, 0) is 6.42 Å². The minimum Gasteiger partial charge on any atom is -0.488 e. The molecule has 1 saturated heterocycles. The Bertz CT molecular complexity index is 1280. The van der Waals surface area contributed by atoms with E-state index in [2.05, 4.69) is 4.98 Å². The summed E-state index contributed by atoms with van der Waals surface area (Å²) in [6.07, 6.45) is 0.580. The second-order valence-electron chi connectivity index (χ2n) is 10.7. The van der Waals surface area contributed by atoms with Gasteiger partial charge >= 0.3 is 0 Å². The van der Waals surface area contributed by atoms with Crippen LogP contribution in [0.1, 0.15) is 43.1 Å². The molecule has 0 amide bonds. The van der Waals surface area contributed by atoms with Gasteiger partial charge in [0, 0.05) is 66.5 Å². The zero-order valence-electron chi connectivity index (χ0n) is 21.4. The number of aromatic nitrogens is 1. The van der Waals surface area contributed by atoms with Crippen molar-refractivity contribution in [2.75, 3.05) is 39.5 Å². The minimum atomic E-state index is -2.02. The summed E-state index contributed by atoms with van der Waals surface area (Å²) in [5, 5.41) is 10.2. The number of aromatic amines is 1. The standard InChI is InChI=1S/C28H32F5N3O2/c1-16-8-21-20-9-17(30)4-5-24(20)34-26(21)27(36(16)14-28(2,33)15-37)25-22(31)10-18(11-23(25)32)38-19-12-35(13-19)7-3-6-29/h4-5,9-11,16,19,27,34,37H,3,6-8,12-15H2,1-2H3/t16-,27?,28-/m1/s1. The van der Waals surface area contributed by atoms with E-state index in [-0.39, 0.29) is 30.0 Å². The molecular formula is C28H32F5N3O2. The van der Waals surface area contributed by atoms with E-state index in [0.29, 0.717) is 49.1 Å². The molecule has 1 aromatic heterocycles. The summed E-state index contributed by atoms with van der Waals surface area (Å²) in [5.74, 6) is -2.09. The van der Waals surface area contributed by atoms with Crippen LogP contribution in [0, 0.1) is 17.5 Å². The molecule has 38 heavy (non-hydrogen) atoms. The Kier molecular flexibility index (Phi) is 7.41. The van der Waals surface area contributed by atoms with Gasteiger partial charge in [0.05, 0.1) is 19.3 Å². The highest BCUT2D eigenvalue weighted by molar-refractivity contribution is 5.85. The number of hydrogen-bond acceptors (Lipinski definition) is 4. The van der Waals surface area contributed by atoms with Crippen molar-refractivity contribution in [1.82, 2.24) is 14.8 Å². The second-order valence-corrected chi connectivity index (χ2v) is 10.7. The van der Waals surface area contributed by atoms with Crippen LogP contribution >= 0.6 is 0 Å². The van der Waals surface area contributed by atoms with Crippen LogP contribution in [0.2, 0.25) is 0 Å². The molecule has 0 radical (unpaired) electrons. The third-order valence-electron chi connectivity index (χ3n) is 7.57. The van der Waals surface area contributed by atoms with Crippen LogP contribution in [0.15, 0.2) is 30.3 Å². The maximum absolute atomic E-state index is 15.7. The number of benzene rings is 2. The van der Waals surface area contributed by atoms with Crippen molar-refractivity contribution in [2.24, 2.45) is 0 Å². The number of nitrogens with zero attached hydrogens (tertiary/aromatic N) is 2. The van der Waals surface area contributed by atoms with E-state index in [9.17, 15) is 13.9 Å². The Labute approximate surface area is 218 Å². The summed E-state index contributed by atoms with van der Waals surface area (Å²) in [5.41, 5.74) is -0.491. The van der Waals surface area contributed by atoms with E-state index in [1.54, 1.807) is 11.0 Å². The molecule has 0 aliphatic carbocycles. The summed E-state index contributed by atoms with van der Waals surface area (Å²) < 4.78 is 78.8. The molecule has 1 fully saturated rings. The van der Waals surface area contributed by atoms with Crippen molar-refractivity contribution < 1.29 is 31.8 Å². The molecule has 0 saturated carbocycles. The van der Waals surface area contributed by atoms with Crippen LogP contribution in [0.25, 0.3) is 10.9 Å². The number of ether oxygens (including phenoxy) is 1. The molecule has 3 heterocycles. The van der Waals surface area contributed by atoms with Crippen molar-refractivity contribution in [1.29, 1.82) is 0 Å². The van der Waals surface area contributed by atoms with E-state index in [1.165, 1.54) is 19.1 Å². The van der Waals surface area contributed by atoms with Crippen LogP contribution in [-0.4, -0.2) is 77.2 Å². The zero-order chi connectivity index (χ0) is 27.2. The Morgan fingerprint density at radius 1 is 1.13 bits per heavy atom. The van der Waals surface area contributed by atoms with Gasteiger partial charge in [0.1, 0.15) is 35.0 Å². The van der Waals surface area contributed by atoms with Gasteiger partial charge in [-0.15, -0.1) is 0 Å². The Morgan fingerprint density at radius 2 is 1.84 bits per heavy atom. The highest BCUT2D eigenvalue weighted by atomic mass is 19.2. The first kappa shape index (κ1) is 26.9. The molecule has 0 bridgehead atoms. The minimum absolute atomic E-state index is 0.0407. The maximum atomic E-state index is 15.7. The lowest BCUT2D eigenvalue weighted by Gasteiger charge is -2.43. The second kappa shape index (κ2) is 10.5. The van der Waals surface area contributed by atoms with E-state index in [0.717, 1.165) is 17.7 Å². The first-order valence-corrected chi connectivity index (χ1v) is 12.9. The van der Waals surface area contributed by atoms with Crippen molar-refractivity contribution in [3.8, 4) is 5.75 Å². The topological polar surface area (TPSA) is 51.7 Å². The number of halogens is 5. The molecule has 3 atom stereocenters. The van der Waals surface area contributed by atoms with Gasteiger partial charge in [-0.3, -0.25) is 14.2 Å². The van der Waals surface area contributed by atoms with Gasteiger partial charge in [0.2, 0.25) is 0 Å². The smallest absolute Gasteiger partial charge is 0.143 e. The molecule has 2 N–H and O–H groups in total. The number of rotatable bonds is 9. The van der Waals surface area contributed by atoms with Gasteiger partial charge in [0.15, 0.2) is 0 Å². The van der Waals surface area contributed by atoms with Crippen molar-refractivity contribution in [3.05, 3.63) is 64.6 Å². The Morgan fingerprint density at radius 3 is 2.50 bits per heavy atom. The molecule has 2 aromatic carbocycles. The van der Waals surface area contributed by atoms with Gasteiger partial charge < -0.3 is 14.8 Å². The molecule has 5 nitrogen and oxygen atoms in total. The average Bonchev–Trinajstić information content (AvgIpc) is 3.18. The third-order valence-corrected chi connectivity index (χ3v) is 7.57. The highest BCUT2D eigenvalue weighted by Gasteiger charge is 2.42. The van der Waals surface area contributed by atoms with Gasteiger partial charge in [0.25, 0.3) is 0 Å². The van der Waals surface area contributed by atoms with Gasteiger partial charge in [-0.2, -0.15) is 0 Å². The fourth-order valence-corrected chi connectivity index (χ4v) is 5.66.